The molecule has 0 radical (unpaired) electrons. The highest BCUT2D eigenvalue weighted by Crippen LogP contribution is 2.25. The van der Waals surface area contributed by atoms with Crippen LogP contribution < -0.4 is 0 Å². The lowest BCUT2D eigenvalue weighted by atomic mass is 10.1. The van der Waals surface area contributed by atoms with Gasteiger partial charge in [0.15, 0.2) is 11.6 Å². The Morgan fingerprint density at radius 3 is 2.69 bits per heavy atom. The van der Waals surface area contributed by atoms with Gasteiger partial charge in [-0.15, -0.1) is 0 Å². The van der Waals surface area contributed by atoms with E-state index < -0.39 is 0 Å². The van der Waals surface area contributed by atoms with E-state index in [4.69, 9.17) is 21.1 Å². The summed E-state index contributed by atoms with van der Waals surface area (Å²) in [6.07, 6.45) is 6.34. The first-order chi connectivity index (χ1) is 14.2. The first-order valence-corrected chi connectivity index (χ1v) is 9.81. The summed E-state index contributed by atoms with van der Waals surface area (Å²) in [6, 6.07) is 13.4. The Balaban J connectivity index is 1.29. The summed E-state index contributed by atoms with van der Waals surface area (Å²) in [6.45, 7) is 2.45. The average molecular weight is 404 g/mol. The lowest BCUT2D eigenvalue weighted by Gasteiger charge is -2.27. The number of benzene rings is 1. The summed E-state index contributed by atoms with van der Waals surface area (Å²) in [5, 5.41) is 4.94. The van der Waals surface area contributed by atoms with Crippen LogP contribution in [-0.4, -0.2) is 31.6 Å². The first kappa shape index (κ1) is 18.0. The van der Waals surface area contributed by atoms with E-state index in [1.807, 2.05) is 48.7 Å². The molecule has 0 N–H and O–H groups in total. The van der Waals surface area contributed by atoms with E-state index in [0.29, 0.717) is 5.02 Å². The fraction of sp³-hybridized carbons (Fsp3) is 0.182. The van der Waals surface area contributed by atoms with Gasteiger partial charge >= 0.3 is 0 Å². The molecule has 0 unspecified atom stereocenters. The van der Waals surface area contributed by atoms with Crippen molar-refractivity contribution in [2.24, 2.45) is 0 Å². The number of aromatic nitrogens is 4. The van der Waals surface area contributed by atoms with Crippen LogP contribution in [0.15, 0.2) is 65.6 Å². The second-order valence-electron chi connectivity index (χ2n) is 7.05. The molecule has 29 heavy (non-hydrogen) atoms. The monoisotopic (exact) mass is 403 g/mol. The van der Waals surface area contributed by atoms with Crippen molar-refractivity contribution in [1.29, 1.82) is 0 Å². The summed E-state index contributed by atoms with van der Waals surface area (Å²) in [4.78, 5) is 15.7. The van der Waals surface area contributed by atoms with E-state index in [9.17, 15) is 0 Å². The van der Waals surface area contributed by atoms with Crippen LogP contribution in [0.4, 0.5) is 0 Å². The van der Waals surface area contributed by atoms with Crippen molar-refractivity contribution in [2.75, 3.05) is 6.54 Å². The molecule has 1 aliphatic rings. The minimum Gasteiger partial charge on any atom is -0.356 e. The molecule has 7 heteroatoms. The molecule has 1 aromatic carbocycles. The van der Waals surface area contributed by atoms with Crippen LogP contribution in [0.5, 0.6) is 0 Å². The molecule has 0 saturated heterocycles. The molecule has 144 valence electrons. The van der Waals surface area contributed by atoms with Crippen LogP contribution in [0.25, 0.3) is 22.7 Å². The van der Waals surface area contributed by atoms with E-state index in [1.54, 1.807) is 12.4 Å². The Hall–Kier alpha value is -3.09. The normalized spacial score (nSPS) is 14.0. The highest BCUT2D eigenvalue weighted by Gasteiger charge is 2.20. The fourth-order valence-electron chi connectivity index (χ4n) is 3.52. The maximum absolute atomic E-state index is 5.95. The number of halogens is 1. The number of rotatable bonds is 4. The highest BCUT2D eigenvalue weighted by molar-refractivity contribution is 6.30. The quantitative estimate of drug-likeness (QED) is 0.503. The molecule has 4 aromatic rings. The van der Waals surface area contributed by atoms with Crippen molar-refractivity contribution < 1.29 is 4.52 Å². The van der Waals surface area contributed by atoms with E-state index in [2.05, 4.69) is 20.0 Å². The summed E-state index contributed by atoms with van der Waals surface area (Å²) in [5.74, 6) is 1.50. The zero-order valence-electron chi connectivity index (χ0n) is 15.6. The Morgan fingerprint density at radius 2 is 1.86 bits per heavy atom. The summed E-state index contributed by atoms with van der Waals surface area (Å²) >= 11 is 5.95. The van der Waals surface area contributed by atoms with Gasteiger partial charge in [-0.25, -0.2) is 9.97 Å². The second kappa shape index (κ2) is 7.73. The summed E-state index contributed by atoms with van der Waals surface area (Å²) in [7, 11) is 0. The van der Waals surface area contributed by atoms with Crippen molar-refractivity contribution in [1.82, 2.24) is 25.0 Å². The standard InChI is InChI=1S/C22H18ClN5O/c23-18-3-1-15(2-4-18)21-11-19(27-29-21)14-28-10-7-20-17(13-28)12-25-22(26-20)16-5-8-24-9-6-16/h1-6,8-9,11-12H,7,10,13-14H2. The number of fused-ring (bicyclic) bond motifs is 1. The molecule has 0 spiro atoms. The number of pyridine rings is 1. The third-order valence-corrected chi connectivity index (χ3v) is 5.28. The molecule has 6 nitrogen and oxygen atoms in total. The van der Waals surface area contributed by atoms with Crippen LogP contribution in [0.3, 0.4) is 0 Å². The lowest BCUT2D eigenvalue weighted by Crippen LogP contribution is -2.31. The summed E-state index contributed by atoms with van der Waals surface area (Å²) in [5.41, 5.74) is 5.14. The number of hydrogen-bond donors (Lipinski definition) is 0. The van der Waals surface area contributed by atoms with Crippen molar-refractivity contribution in [3.63, 3.8) is 0 Å². The van der Waals surface area contributed by atoms with Gasteiger partial charge < -0.3 is 4.52 Å². The van der Waals surface area contributed by atoms with Gasteiger partial charge in [-0.05, 0) is 36.4 Å². The molecular formula is C22H18ClN5O. The molecule has 0 saturated carbocycles. The van der Waals surface area contributed by atoms with Gasteiger partial charge in [-0.3, -0.25) is 9.88 Å². The molecule has 0 atom stereocenters. The van der Waals surface area contributed by atoms with Crippen molar-refractivity contribution >= 4 is 11.6 Å². The van der Waals surface area contributed by atoms with Crippen LogP contribution in [0.1, 0.15) is 17.0 Å². The topological polar surface area (TPSA) is 67.9 Å². The number of nitrogens with zero attached hydrogens (tertiary/aromatic N) is 5. The van der Waals surface area contributed by atoms with Gasteiger partial charge in [-0.1, -0.05) is 16.8 Å². The van der Waals surface area contributed by atoms with Crippen molar-refractivity contribution in [3.05, 3.63) is 83.0 Å². The first-order valence-electron chi connectivity index (χ1n) is 9.44. The molecule has 5 rings (SSSR count). The number of hydrogen-bond acceptors (Lipinski definition) is 6. The van der Waals surface area contributed by atoms with Gasteiger partial charge in [-0.2, -0.15) is 0 Å². The third kappa shape index (κ3) is 3.90. The predicted molar refractivity (Wildman–Crippen MR) is 110 cm³/mol. The van der Waals surface area contributed by atoms with E-state index in [1.165, 1.54) is 0 Å². The van der Waals surface area contributed by atoms with E-state index >= 15 is 0 Å². The third-order valence-electron chi connectivity index (χ3n) is 5.02. The van der Waals surface area contributed by atoms with Crippen LogP contribution in [0, 0.1) is 0 Å². The average Bonchev–Trinajstić information content (AvgIpc) is 3.23. The zero-order valence-corrected chi connectivity index (χ0v) is 16.4. The molecule has 1 aliphatic heterocycles. The highest BCUT2D eigenvalue weighted by atomic mass is 35.5. The molecule has 0 amide bonds. The van der Waals surface area contributed by atoms with Crippen LogP contribution >= 0.6 is 11.6 Å². The zero-order chi connectivity index (χ0) is 19.6. The maximum atomic E-state index is 5.95. The molecule has 0 fully saturated rings. The second-order valence-corrected chi connectivity index (χ2v) is 7.49. The van der Waals surface area contributed by atoms with E-state index in [-0.39, 0.29) is 0 Å². The summed E-state index contributed by atoms with van der Waals surface area (Å²) < 4.78 is 5.52. The smallest absolute Gasteiger partial charge is 0.167 e. The minimum absolute atomic E-state index is 0.703. The maximum Gasteiger partial charge on any atom is 0.167 e. The van der Waals surface area contributed by atoms with Gasteiger partial charge in [0.2, 0.25) is 0 Å². The van der Waals surface area contributed by atoms with Gasteiger partial charge in [0, 0.05) is 72.4 Å². The Bertz CT molecular complexity index is 1130. The van der Waals surface area contributed by atoms with Crippen LogP contribution in [-0.2, 0) is 19.5 Å². The molecule has 3 aromatic heterocycles. The predicted octanol–water partition coefficient (Wildman–Crippen LogP) is 4.41. The molecular weight excluding hydrogens is 386 g/mol. The van der Waals surface area contributed by atoms with E-state index in [0.717, 1.165) is 65.7 Å². The van der Waals surface area contributed by atoms with Gasteiger partial charge in [0.05, 0.1) is 11.4 Å². The lowest BCUT2D eigenvalue weighted by molar-refractivity contribution is 0.235. The Labute approximate surface area is 173 Å². The molecule has 0 bridgehead atoms. The molecule has 0 aliphatic carbocycles. The Kier molecular flexibility index (Phi) is 4.79. The largest absolute Gasteiger partial charge is 0.356 e. The minimum atomic E-state index is 0.703. The molecule has 4 heterocycles. The van der Waals surface area contributed by atoms with Crippen molar-refractivity contribution in [2.45, 2.75) is 19.5 Å². The SMILES string of the molecule is Clc1ccc(-c2cc(CN3CCc4nc(-c5ccncc5)ncc4C3)no2)cc1. The van der Waals surface area contributed by atoms with Gasteiger partial charge in [0.25, 0.3) is 0 Å². The fourth-order valence-corrected chi connectivity index (χ4v) is 3.64. The Morgan fingerprint density at radius 1 is 1.03 bits per heavy atom. The van der Waals surface area contributed by atoms with Crippen molar-refractivity contribution in [3.8, 4) is 22.7 Å². The van der Waals surface area contributed by atoms with Gasteiger partial charge in [0.1, 0.15) is 0 Å². The van der Waals surface area contributed by atoms with Crippen LogP contribution in [0.2, 0.25) is 5.02 Å².